The summed E-state index contributed by atoms with van der Waals surface area (Å²) in [5.41, 5.74) is 7.15. The van der Waals surface area contributed by atoms with Crippen LogP contribution in [-0.2, 0) is 23.2 Å². The highest BCUT2D eigenvalue weighted by Gasteiger charge is 2.48. The van der Waals surface area contributed by atoms with Crippen molar-refractivity contribution in [3.05, 3.63) is 33.8 Å². The molecule has 7 heteroatoms. The minimum absolute atomic E-state index is 0.0946. The van der Waals surface area contributed by atoms with Crippen LogP contribution < -0.4 is 5.73 Å². The molecule has 1 aliphatic rings. The largest absolute Gasteiger partial charge is 0.481 e. The van der Waals surface area contributed by atoms with Crippen LogP contribution in [0, 0.1) is 5.92 Å². The molecular formula is C15H21BClNO4. The van der Waals surface area contributed by atoms with Crippen molar-refractivity contribution in [1.82, 2.24) is 0 Å². The van der Waals surface area contributed by atoms with Crippen molar-refractivity contribution in [2.75, 3.05) is 0 Å². The predicted octanol–water partition coefficient (Wildman–Crippen LogP) is 1.57. The number of carboxylic acids is 1. The maximum Gasteiger partial charge on any atom is 0.451 e. The first-order valence-corrected chi connectivity index (χ1v) is 7.79. The van der Waals surface area contributed by atoms with Crippen LogP contribution in [0.3, 0.4) is 0 Å². The van der Waals surface area contributed by atoms with E-state index < -0.39 is 18.5 Å². The molecule has 0 amide bonds. The summed E-state index contributed by atoms with van der Waals surface area (Å²) in [5, 5.41) is 28.2. The Kier molecular flexibility index (Phi) is 5.17. The lowest BCUT2D eigenvalue weighted by molar-refractivity contribution is -0.145. The third-order valence-corrected chi connectivity index (χ3v) is 5.15. The third kappa shape index (κ3) is 3.01. The van der Waals surface area contributed by atoms with E-state index in [1.54, 1.807) is 6.92 Å². The second-order valence-electron chi connectivity index (χ2n) is 6.12. The molecular weight excluding hydrogens is 304 g/mol. The Morgan fingerprint density at radius 2 is 2.18 bits per heavy atom. The van der Waals surface area contributed by atoms with Gasteiger partial charge in [0.15, 0.2) is 0 Å². The van der Waals surface area contributed by atoms with E-state index in [2.05, 4.69) is 0 Å². The van der Waals surface area contributed by atoms with Crippen LogP contribution in [0.4, 0.5) is 0 Å². The lowest BCUT2D eigenvalue weighted by Crippen LogP contribution is -2.37. The molecule has 5 N–H and O–H groups in total. The Morgan fingerprint density at radius 3 is 2.73 bits per heavy atom. The maximum atomic E-state index is 11.9. The molecule has 0 saturated carbocycles. The van der Waals surface area contributed by atoms with Gasteiger partial charge in [0.1, 0.15) is 0 Å². The van der Waals surface area contributed by atoms with Crippen LogP contribution in [0.5, 0.6) is 0 Å². The second-order valence-corrected chi connectivity index (χ2v) is 6.53. The first-order valence-electron chi connectivity index (χ1n) is 7.42. The molecule has 22 heavy (non-hydrogen) atoms. The number of hydrogen-bond acceptors (Lipinski definition) is 4. The molecule has 0 aromatic heterocycles. The molecule has 0 heterocycles. The summed E-state index contributed by atoms with van der Waals surface area (Å²) in [6.07, 6.45) is 2.06. The fourth-order valence-electron chi connectivity index (χ4n) is 3.38. The molecule has 2 rings (SSSR count). The summed E-state index contributed by atoms with van der Waals surface area (Å²) in [6.45, 7) is 2.00. The standard InChI is InChI=1S/C15H21BClNO4/c1-15(14(19)20)11(3-2-4-16(21)22)5-9-7-13(17)10(8-18)6-12(9)15/h6-7,11,21-22H,2-5,8,18H2,1H3,(H,19,20)/t11-,15-/m0/s1. The van der Waals surface area contributed by atoms with E-state index in [1.165, 1.54) is 0 Å². The molecule has 1 aromatic rings. The van der Waals surface area contributed by atoms with E-state index in [1.807, 2.05) is 12.1 Å². The zero-order chi connectivity index (χ0) is 16.5. The van der Waals surface area contributed by atoms with Crippen LogP contribution >= 0.6 is 11.6 Å². The minimum Gasteiger partial charge on any atom is -0.481 e. The van der Waals surface area contributed by atoms with Gasteiger partial charge in [0.2, 0.25) is 0 Å². The Labute approximate surface area is 135 Å². The van der Waals surface area contributed by atoms with Gasteiger partial charge in [-0.1, -0.05) is 24.1 Å². The van der Waals surface area contributed by atoms with Crippen molar-refractivity contribution in [2.24, 2.45) is 11.7 Å². The summed E-state index contributed by atoms with van der Waals surface area (Å²) >= 11 is 6.18. The number of benzene rings is 1. The average molecular weight is 326 g/mol. The monoisotopic (exact) mass is 325 g/mol. The summed E-state index contributed by atoms with van der Waals surface area (Å²) in [5.74, 6) is -0.964. The molecule has 0 aliphatic heterocycles. The van der Waals surface area contributed by atoms with Gasteiger partial charge >= 0.3 is 13.1 Å². The molecule has 120 valence electrons. The number of fused-ring (bicyclic) bond motifs is 1. The number of hydrogen-bond donors (Lipinski definition) is 4. The van der Waals surface area contributed by atoms with Crippen LogP contribution in [0.2, 0.25) is 11.3 Å². The molecule has 0 spiro atoms. The van der Waals surface area contributed by atoms with Crippen molar-refractivity contribution >= 4 is 24.7 Å². The summed E-state index contributed by atoms with van der Waals surface area (Å²) in [6, 6.07) is 3.63. The minimum atomic E-state index is -1.35. The SMILES string of the molecule is C[C@@]1(C(=O)O)c2cc(CN)c(Cl)cc2C[C@@H]1CCCB(O)O. The van der Waals surface area contributed by atoms with Gasteiger partial charge in [-0.25, -0.2) is 0 Å². The molecule has 0 saturated heterocycles. The Balaban J connectivity index is 2.34. The third-order valence-electron chi connectivity index (χ3n) is 4.79. The Bertz CT molecular complexity index is 581. The number of aliphatic carboxylic acids is 1. The number of halogens is 1. The molecule has 1 aromatic carbocycles. The number of carboxylic acid groups (broad SMARTS) is 1. The summed E-state index contributed by atoms with van der Waals surface area (Å²) in [4.78, 5) is 11.9. The zero-order valence-corrected chi connectivity index (χ0v) is 13.3. The van der Waals surface area contributed by atoms with Crippen molar-refractivity contribution < 1.29 is 19.9 Å². The van der Waals surface area contributed by atoms with Gasteiger partial charge in [0, 0.05) is 11.6 Å². The van der Waals surface area contributed by atoms with Gasteiger partial charge < -0.3 is 20.9 Å². The molecule has 0 radical (unpaired) electrons. The van der Waals surface area contributed by atoms with Gasteiger partial charge in [-0.3, -0.25) is 4.79 Å². The molecule has 0 fully saturated rings. The van der Waals surface area contributed by atoms with E-state index >= 15 is 0 Å². The molecule has 0 bridgehead atoms. The quantitative estimate of drug-likeness (QED) is 0.594. The molecule has 2 atom stereocenters. The molecule has 0 unspecified atom stereocenters. The van der Waals surface area contributed by atoms with Crippen molar-refractivity contribution in [3.8, 4) is 0 Å². The molecule has 5 nitrogen and oxygen atoms in total. The Morgan fingerprint density at radius 1 is 1.50 bits per heavy atom. The van der Waals surface area contributed by atoms with Crippen molar-refractivity contribution in [2.45, 2.75) is 44.5 Å². The Hall–Kier alpha value is -1.08. The highest BCUT2D eigenvalue weighted by Crippen LogP contribution is 2.47. The fourth-order valence-corrected chi connectivity index (χ4v) is 3.65. The normalized spacial score (nSPS) is 23.4. The van der Waals surface area contributed by atoms with Crippen LogP contribution in [0.1, 0.15) is 36.5 Å². The first-order chi connectivity index (χ1) is 10.3. The van der Waals surface area contributed by atoms with E-state index in [-0.39, 0.29) is 18.8 Å². The van der Waals surface area contributed by atoms with Gasteiger partial charge in [-0.2, -0.15) is 0 Å². The van der Waals surface area contributed by atoms with E-state index in [0.29, 0.717) is 24.3 Å². The van der Waals surface area contributed by atoms with Crippen LogP contribution in [-0.4, -0.2) is 28.2 Å². The predicted molar refractivity (Wildman–Crippen MR) is 85.8 cm³/mol. The van der Waals surface area contributed by atoms with Crippen LogP contribution in [0.15, 0.2) is 12.1 Å². The average Bonchev–Trinajstić information content (AvgIpc) is 2.71. The topological polar surface area (TPSA) is 104 Å². The van der Waals surface area contributed by atoms with E-state index in [9.17, 15) is 9.90 Å². The lowest BCUT2D eigenvalue weighted by atomic mass is 9.72. The highest BCUT2D eigenvalue weighted by atomic mass is 35.5. The highest BCUT2D eigenvalue weighted by molar-refractivity contribution is 6.40. The first kappa shape index (κ1) is 17.3. The van der Waals surface area contributed by atoms with Gasteiger partial charge in [-0.05, 0) is 54.8 Å². The number of carbonyl (C=O) groups is 1. The van der Waals surface area contributed by atoms with Crippen LogP contribution in [0.25, 0.3) is 0 Å². The lowest BCUT2D eigenvalue weighted by Gasteiger charge is -2.28. The maximum absolute atomic E-state index is 11.9. The second kappa shape index (κ2) is 6.58. The summed E-state index contributed by atoms with van der Waals surface area (Å²) < 4.78 is 0. The van der Waals surface area contributed by atoms with E-state index in [0.717, 1.165) is 16.7 Å². The van der Waals surface area contributed by atoms with Gasteiger partial charge in [-0.15, -0.1) is 0 Å². The summed E-state index contributed by atoms with van der Waals surface area (Å²) in [7, 11) is -1.35. The number of rotatable bonds is 6. The van der Waals surface area contributed by atoms with E-state index in [4.69, 9.17) is 27.4 Å². The number of nitrogens with two attached hydrogens (primary N) is 1. The van der Waals surface area contributed by atoms with Gasteiger partial charge in [0.25, 0.3) is 0 Å². The smallest absolute Gasteiger partial charge is 0.451 e. The fraction of sp³-hybridized carbons (Fsp3) is 0.533. The zero-order valence-electron chi connectivity index (χ0n) is 12.6. The molecule has 1 aliphatic carbocycles. The van der Waals surface area contributed by atoms with Crippen molar-refractivity contribution in [1.29, 1.82) is 0 Å². The van der Waals surface area contributed by atoms with Crippen molar-refractivity contribution in [3.63, 3.8) is 0 Å². The van der Waals surface area contributed by atoms with Gasteiger partial charge in [0.05, 0.1) is 5.41 Å².